The maximum atomic E-state index is 13.1. The minimum Gasteiger partial charge on any atom is -0.358 e. The number of aromatic amines is 1. The maximum Gasteiger partial charge on any atom is 0.165 e. The van der Waals surface area contributed by atoms with Gasteiger partial charge in [0.15, 0.2) is 5.78 Å². The summed E-state index contributed by atoms with van der Waals surface area (Å²) >= 11 is 0. The van der Waals surface area contributed by atoms with Gasteiger partial charge in [-0.2, -0.15) is 0 Å². The highest BCUT2D eigenvalue weighted by atomic mass is 16.1. The minimum atomic E-state index is -0.00242. The van der Waals surface area contributed by atoms with Crippen molar-refractivity contribution in [3.05, 3.63) is 76.7 Å². The van der Waals surface area contributed by atoms with E-state index < -0.39 is 0 Å². The average Bonchev–Trinajstić information content (AvgIpc) is 3.00. The van der Waals surface area contributed by atoms with Crippen molar-refractivity contribution in [3.8, 4) is 11.3 Å². The van der Waals surface area contributed by atoms with E-state index in [4.69, 9.17) is 0 Å². The first-order chi connectivity index (χ1) is 13.4. The highest BCUT2D eigenvalue weighted by Crippen LogP contribution is 2.40. The van der Waals surface area contributed by atoms with Crippen molar-refractivity contribution in [2.75, 3.05) is 0 Å². The standard InChI is InChI=1S/C25H28N2O/c1-16(2)19-8-6-5-7-18(19)13-20-23-21(14-25(3,4)15-22(23)28)27-24(20)17-9-11-26-12-10-17/h5-12,16,27H,13-15H2,1-4H3. The van der Waals surface area contributed by atoms with Crippen LogP contribution < -0.4 is 0 Å². The third-order valence-electron chi connectivity index (χ3n) is 5.77. The molecule has 0 spiro atoms. The van der Waals surface area contributed by atoms with Crippen LogP contribution >= 0.6 is 0 Å². The Bertz CT molecular complexity index is 1010. The van der Waals surface area contributed by atoms with E-state index in [1.165, 1.54) is 11.1 Å². The summed E-state index contributed by atoms with van der Waals surface area (Å²) in [7, 11) is 0. The molecule has 1 aliphatic rings. The van der Waals surface area contributed by atoms with Crippen molar-refractivity contribution < 1.29 is 4.79 Å². The summed E-state index contributed by atoms with van der Waals surface area (Å²) in [6.07, 6.45) is 5.90. The SMILES string of the molecule is CC(C)c1ccccc1Cc1c(-c2ccncc2)[nH]c2c1C(=O)CC(C)(C)C2. The molecule has 0 fully saturated rings. The van der Waals surface area contributed by atoms with Crippen molar-refractivity contribution in [1.82, 2.24) is 9.97 Å². The monoisotopic (exact) mass is 372 g/mol. The van der Waals surface area contributed by atoms with E-state index in [-0.39, 0.29) is 11.2 Å². The highest BCUT2D eigenvalue weighted by Gasteiger charge is 2.35. The summed E-state index contributed by atoms with van der Waals surface area (Å²) in [5.74, 6) is 0.713. The van der Waals surface area contributed by atoms with Crippen LogP contribution in [-0.2, 0) is 12.8 Å². The largest absolute Gasteiger partial charge is 0.358 e. The number of aromatic nitrogens is 2. The van der Waals surface area contributed by atoms with Gasteiger partial charge in [0.05, 0.1) is 5.69 Å². The first-order valence-electron chi connectivity index (χ1n) is 10.1. The average molecular weight is 373 g/mol. The quantitative estimate of drug-likeness (QED) is 0.615. The van der Waals surface area contributed by atoms with Gasteiger partial charge < -0.3 is 4.98 Å². The zero-order chi connectivity index (χ0) is 19.9. The summed E-state index contributed by atoms with van der Waals surface area (Å²) in [4.78, 5) is 20.9. The third-order valence-corrected chi connectivity index (χ3v) is 5.77. The molecule has 0 radical (unpaired) electrons. The van der Waals surface area contributed by atoms with E-state index >= 15 is 0 Å². The van der Waals surface area contributed by atoms with E-state index in [0.29, 0.717) is 12.3 Å². The molecule has 0 bridgehead atoms. The van der Waals surface area contributed by atoms with Gasteiger partial charge in [-0.3, -0.25) is 9.78 Å². The van der Waals surface area contributed by atoms with E-state index in [2.05, 4.69) is 61.9 Å². The number of pyridine rings is 1. The van der Waals surface area contributed by atoms with Crippen LogP contribution in [0.5, 0.6) is 0 Å². The van der Waals surface area contributed by atoms with Gasteiger partial charge in [0, 0.05) is 42.1 Å². The van der Waals surface area contributed by atoms with Crippen molar-refractivity contribution in [3.63, 3.8) is 0 Å². The number of carbonyl (C=O) groups excluding carboxylic acids is 1. The molecule has 28 heavy (non-hydrogen) atoms. The van der Waals surface area contributed by atoms with Gasteiger partial charge in [-0.1, -0.05) is 52.0 Å². The number of H-pyrrole nitrogens is 1. The Hall–Kier alpha value is -2.68. The number of nitrogens with one attached hydrogen (secondary N) is 1. The lowest BCUT2D eigenvalue weighted by Gasteiger charge is -2.28. The second-order valence-electron chi connectivity index (χ2n) is 9.04. The second-order valence-corrected chi connectivity index (χ2v) is 9.04. The molecule has 3 aromatic rings. The lowest BCUT2D eigenvalue weighted by atomic mass is 9.75. The van der Waals surface area contributed by atoms with Crippen LogP contribution in [0.15, 0.2) is 48.8 Å². The molecule has 2 aromatic heterocycles. The number of fused-ring (bicyclic) bond motifs is 1. The molecule has 1 aliphatic carbocycles. The fourth-order valence-corrected chi connectivity index (χ4v) is 4.52. The number of ketones is 1. The molecule has 2 heterocycles. The molecule has 0 unspecified atom stereocenters. The molecule has 1 aromatic carbocycles. The Morgan fingerprint density at radius 2 is 1.79 bits per heavy atom. The Balaban J connectivity index is 1.89. The van der Waals surface area contributed by atoms with Gasteiger partial charge in [-0.15, -0.1) is 0 Å². The number of nitrogens with zero attached hydrogens (tertiary/aromatic N) is 1. The number of carbonyl (C=O) groups is 1. The minimum absolute atomic E-state index is 0.00242. The number of Topliss-reactive ketones (excluding diaryl/α,β-unsaturated/α-hetero) is 1. The Morgan fingerprint density at radius 1 is 1.07 bits per heavy atom. The molecule has 0 saturated carbocycles. The Labute approximate surface area is 167 Å². The van der Waals surface area contributed by atoms with Crippen molar-refractivity contribution >= 4 is 5.78 Å². The molecule has 3 heteroatoms. The smallest absolute Gasteiger partial charge is 0.165 e. The number of benzene rings is 1. The number of hydrogen-bond acceptors (Lipinski definition) is 2. The predicted molar refractivity (Wildman–Crippen MR) is 114 cm³/mol. The van der Waals surface area contributed by atoms with Crippen LogP contribution in [0.4, 0.5) is 0 Å². The van der Waals surface area contributed by atoms with Crippen LogP contribution in [0.3, 0.4) is 0 Å². The van der Waals surface area contributed by atoms with Crippen LogP contribution in [0, 0.1) is 5.41 Å². The normalized spacial score (nSPS) is 15.7. The van der Waals surface area contributed by atoms with Gasteiger partial charge >= 0.3 is 0 Å². The lowest BCUT2D eigenvalue weighted by molar-refractivity contribution is 0.0911. The summed E-state index contributed by atoms with van der Waals surface area (Å²) in [5, 5.41) is 0. The fourth-order valence-electron chi connectivity index (χ4n) is 4.52. The molecule has 0 aliphatic heterocycles. The molecule has 3 nitrogen and oxygen atoms in total. The van der Waals surface area contributed by atoms with Crippen molar-refractivity contribution in [1.29, 1.82) is 0 Å². The van der Waals surface area contributed by atoms with E-state index in [9.17, 15) is 4.79 Å². The summed E-state index contributed by atoms with van der Waals surface area (Å²) < 4.78 is 0. The molecule has 0 amide bonds. The van der Waals surface area contributed by atoms with Crippen LogP contribution in [0.2, 0.25) is 0 Å². The summed E-state index contributed by atoms with van der Waals surface area (Å²) in [6.45, 7) is 8.80. The van der Waals surface area contributed by atoms with Crippen LogP contribution in [0.25, 0.3) is 11.3 Å². The van der Waals surface area contributed by atoms with Gasteiger partial charge in [0.25, 0.3) is 0 Å². The second kappa shape index (κ2) is 7.05. The van der Waals surface area contributed by atoms with E-state index in [1.807, 2.05) is 24.5 Å². The third kappa shape index (κ3) is 3.42. The van der Waals surface area contributed by atoms with Crippen molar-refractivity contribution in [2.45, 2.75) is 52.9 Å². The maximum absolute atomic E-state index is 13.1. The zero-order valence-corrected chi connectivity index (χ0v) is 17.2. The van der Waals surface area contributed by atoms with Crippen LogP contribution in [-0.4, -0.2) is 15.8 Å². The summed E-state index contributed by atoms with van der Waals surface area (Å²) in [5.41, 5.74) is 7.94. The van der Waals surface area contributed by atoms with Gasteiger partial charge in [-0.25, -0.2) is 0 Å². The molecular weight excluding hydrogens is 344 g/mol. The Morgan fingerprint density at radius 3 is 2.50 bits per heavy atom. The van der Waals surface area contributed by atoms with Gasteiger partial charge in [-0.05, 0) is 46.6 Å². The number of rotatable bonds is 4. The first kappa shape index (κ1) is 18.7. The predicted octanol–water partition coefficient (Wildman–Crippen LogP) is 5.95. The highest BCUT2D eigenvalue weighted by molar-refractivity contribution is 6.02. The Kier molecular flexibility index (Phi) is 4.70. The first-order valence-corrected chi connectivity index (χ1v) is 10.1. The zero-order valence-electron chi connectivity index (χ0n) is 17.2. The van der Waals surface area contributed by atoms with Crippen LogP contribution in [0.1, 0.15) is 72.8 Å². The molecule has 1 N–H and O–H groups in total. The fraction of sp³-hybridized carbons (Fsp3) is 0.360. The van der Waals surface area contributed by atoms with E-state index in [1.54, 1.807) is 0 Å². The topological polar surface area (TPSA) is 45.8 Å². The van der Waals surface area contributed by atoms with Gasteiger partial charge in [0.2, 0.25) is 0 Å². The van der Waals surface area contributed by atoms with E-state index in [0.717, 1.165) is 40.9 Å². The van der Waals surface area contributed by atoms with Gasteiger partial charge in [0.1, 0.15) is 0 Å². The summed E-state index contributed by atoms with van der Waals surface area (Å²) in [6, 6.07) is 12.6. The van der Waals surface area contributed by atoms with Crippen molar-refractivity contribution in [2.24, 2.45) is 5.41 Å². The lowest BCUT2D eigenvalue weighted by Crippen LogP contribution is -2.27. The molecule has 4 rings (SSSR count). The molecule has 0 saturated heterocycles. The number of hydrogen-bond donors (Lipinski definition) is 1. The molecular formula is C25H28N2O. The molecule has 0 atom stereocenters. The molecule has 144 valence electrons.